The molecule has 0 aromatic carbocycles. The zero-order valence-electron chi connectivity index (χ0n) is 24.3. The lowest BCUT2D eigenvalue weighted by molar-refractivity contribution is 0.253. The Kier molecular flexibility index (Phi) is 26.5. The highest BCUT2D eigenvalue weighted by Crippen LogP contribution is 2.31. The summed E-state index contributed by atoms with van der Waals surface area (Å²) >= 11 is 0. The van der Waals surface area contributed by atoms with Gasteiger partial charge < -0.3 is 4.90 Å². The minimum absolute atomic E-state index is 0.997. The minimum Gasteiger partial charge on any atom is -0.303 e. The Hall–Kier alpha value is -0.0400. The van der Waals surface area contributed by atoms with E-state index in [0.29, 0.717) is 0 Å². The van der Waals surface area contributed by atoms with Crippen LogP contribution in [-0.2, 0) is 0 Å². The van der Waals surface area contributed by atoms with Crippen LogP contribution < -0.4 is 0 Å². The van der Waals surface area contributed by atoms with E-state index in [1.54, 1.807) is 0 Å². The average molecular weight is 466 g/mol. The van der Waals surface area contributed by atoms with Crippen molar-refractivity contribution >= 4 is 0 Å². The Labute approximate surface area is 212 Å². The summed E-state index contributed by atoms with van der Waals surface area (Å²) in [6.45, 7) is 15.8. The molecule has 0 amide bonds. The maximum atomic E-state index is 2.73. The molecule has 0 aliphatic heterocycles. The summed E-state index contributed by atoms with van der Waals surface area (Å²) in [6, 6.07) is 0. The van der Waals surface area contributed by atoms with Gasteiger partial charge in [0.1, 0.15) is 0 Å². The predicted molar refractivity (Wildman–Crippen MR) is 153 cm³/mol. The average Bonchev–Trinajstić information content (AvgIpc) is 2.83. The van der Waals surface area contributed by atoms with Crippen molar-refractivity contribution in [2.45, 2.75) is 176 Å². The minimum atomic E-state index is 0.997. The molecule has 0 N–H and O–H groups in total. The second kappa shape index (κ2) is 26.6. The van der Waals surface area contributed by atoms with E-state index in [2.05, 4.69) is 39.5 Å². The maximum Gasteiger partial charge on any atom is -0.00187 e. The number of unbranched alkanes of at least 4 members (excludes halogenated alkanes) is 13. The summed E-state index contributed by atoms with van der Waals surface area (Å²) in [6.07, 6.45) is 31.6. The van der Waals surface area contributed by atoms with Crippen LogP contribution in [0.4, 0.5) is 0 Å². The first-order chi connectivity index (χ1) is 16.2. The quantitative estimate of drug-likeness (QED) is 0.109. The van der Waals surface area contributed by atoms with Crippen molar-refractivity contribution in [3.63, 3.8) is 0 Å². The Morgan fingerprint density at radius 1 is 0.364 bits per heavy atom. The van der Waals surface area contributed by atoms with E-state index in [9.17, 15) is 0 Å². The highest BCUT2D eigenvalue weighted by Gasteiger charge is 2.18. The summed E-state index contributed by atoms with van der Waals surface area (Å²) in [4.78, 5) is 2.73. The van der Waals surface area contributed by atoms with Crippen LogP contribution in [0.25, 0.3) is 0 Å². The Balaban J connectivity index is 3.80. The molecule has 0 heterocycles. The molecule has 2 atom stereocenters. The van der Waals surface area contributed by atoms with Crippen LogP contribution in [0.15, 0.2) is 0 Å². The predicted octanol–water partition coefficient (Wildman–Crippen LogP) is 11.2. The van der Waals surface area contributed by atoms with Crippen LogP contribution in [0.5, 0.6) is 0 Å². The van der Waals surface area contributed by atoms with Crippen molar-refractivity contribution in [1.29, 1.82) is 0 Å². The molecule has 2 unspecified atom stereocenters. The largest absolute Gasteiger partial charge is 0.303 e. The number of rotatable bonds is 27. The zero-order chi connectivity index (χ0) is 24.4. The number of hydrogen-bond donors (Lipinski definition) is 0. The number of nitrogens with zero attached hydrogens (tertiary/aromatic N) is 1. The van der Waals surface area contributed by atoms with E-state index in [1.807, 2.05) is 0 Å². The van der Waals surface area contributed by atoms with Crippen molar-refractivity contribution < 1.29 is 0 Å². The third-order valence-electron chi connectivity index (χ3n) is 7.98. The first-order valence-electron chi connectivity index (χ1n) is 16.0. The molecular weight excluding hydrogens is 398 g/mol. The van der Waals surface area contributed by atoms with E-state index in [1.165, 1.54) is 161 Å². The normalized spacial score (nSPS) is 13.6. The van der Waals surface area contributed by atoms with Crippen molar-refractivity contribution in [2.24, 2.45) is 11.8 Å². The standard InChI is InChI=1S/C32H67N/c1-6-11-14-22-26-32(31(10-5)25-9-4)27-23-20-18-16-15-17-19-21-24-30-33(28-12-7-2)29-13-8-3/h31-32H,6-30H2,1-5H3. The Morgan fingerprint density at radius 2 is 0.788 bits per heavy atom. The molecule has 200 valence electrons. The topological polar surface area (TPSA) is 3.24 Å². The highest BCUT2D eigenvalue weighted by atomic mass is 15.1. The van der Waals surface area contributed by atoms with Gasteiger partial charge in [-0.1, -0.05) is 157 Å². The van der Waals surface area contributed by atoms with Crippen molar-refractivity contribution in [1.82, 2.24) is 4.90 Å². The smallest absolute Gasteiger partial charge is 0.00187 e. The van der Waals surface area contributed by atoms with Gasteiger partial charge in [-0.2, -0.15) is 0 Å². The fourth-order valence-electron chi connectivity index (χ4n) is 5.67. The number of hydrogen-bond acceptors (Lipinski definition) is 1. The van der Waals surface area contributed by atoms with Gasteiger partial charge in [-0.3, -0.25) is 0 Å². The lowest BCUT2D eigenvalue weighted by Gasteiger charge is -2.26. The molecular formula is C32H67N. The van der Waals surface area contributed by atoms with E-state index in [4.69, 9.17) is 0 Å². The molecule has 0 rings (SSSR count). The van der Waals surface area contributed by atoms with Gasteiger partial charge in [0.15, 0.2) is 0 Å². The van der Waals surface area contributed by atoms with E-state index >= 15 is 0 Å². The molecule has 1 heteroatoms. The van der Waals surface area contributed by atoms with E-state index in [0.717, 1.165) is 11.8 Å². The second-order valence-electron chi connectivity index (χ2n) is 11.1. The molecule has 1 nitrogen and oxygen atoms in total. The third-order valence-corrected chi connectivity index (χ3v) is 7.98. The van der Waals surface area contributed by atoms with Gasteiger partial charge in [0, 0.05) is 0 Å². The van der Waals surface area contributed by atoms with Gasteiger partial charge in [-0.25, -0.2) is 0 Å². The van der Waals surface area contributed by atoms with Gasteiger partial charge in [0.05, 0.1) is 0 Å². The van der Waals surface area contributed by atoms with Crippen LogP contribution in [0.1, 0.15) is 176 Å². The van der Waals surface area contributed by atoms with Crippen LogP contribution >= 0.6 is 0 Å². The summed E-state index contributed by atoms with van der Waals surface area (Å²) in [5.41, 5.74) is 0. The van der Waals surface area contributed by atoms with Crippen molar-refractivity contribution in [3.8, 4) is 0 Å². The molecule has 0 radical (unpaired) electrons. The Morgan fingerprint density at radius 3 is 1.24 bits per heavy atom. The Bertz CT molecular complexity index is 344. The molecule has 33 heavy (non-hydrogen) atoms. The fourth-order valence-corrected chi connectivity index (χ4v) is 5.67. The first-order valence-corrected chi connectivity index (χ1v) is 16.0. The van der Waals surface area contributed by atoms with Crippen LogP contribution in [-0.4, -0.2) is 24.5 Å². The highest BCUT2D eigenvalue weighted by molar-refractivity contribution is 4.70. The fraction of sp³-hybridized carbons (Fsp3) is 1.00. The first kappa shape index (κ1) is 33.0. The van der Waals surface area contributed by atoms with E-state index < -0.39 is 0 Å². The molecule has 0 aromatic rings. The van der Waals surface area contributed by atoms with Gasteiger partial charge in [-0.15, -0.1) is 0 Å². The summed E-state index contributed by atoms with van der Waals surface area (Å²) in [5.74, 6) is 2.01. The second-order valence-corrected chi connectivity index (χ2v) is 11.1. The molecule has 0 saturated carbocycles. The van der Waals surface area contributed by atoms with Crippen LogP contribution in [0, 0.1) is 11.8 Å². The molecule has 0 fully saturated rings. The molecule has 0 aromatic heterocycles. The van der Waals surface area contributed by atoms with Crippen molar-refractivity contribution in [3.05, 3.63) is 0 Å². The maximum absolute atomic E-state index is 2.73. The lowest BCUT2D eigenvalue weighted by atomic mass is 9.80. The molecule has 0 spiro atoms. The van der Waals surface area contributed by atoms with Crippen molar-refractivity contribution in [2.75, 3.05) is 19.6 Å². The van der Waals surface area contributed by atoms with Gasteiger partial charge in [0.25, 0.3) is 0 Å². The lowest BCUT2D eigenvalue weighted by Crippen LogP contribution is -2.27. The molecule has 0 saturated heterocycles. The van der Waals surface area contributed by atoms with E-state index in [-0.39, 0.29) is 0 Å². The summed E-state index contributed by atoms with van der Waals surface area (Å²) in [7, 11) is 0. The third kappa shape index (κ3) is 21.0. The SMILES string of the molecule is CCCCCCC(CCCCCCCCCCCN(CCCC)CCCC)C(CC)CCC. The molecule has 0 aliphatic carbocycles. The van der Waals surface area contributed by atoms with Gasteiger partial charge in [-0.05, 0) is 50.7 Å². The van der Waals surface area contributed by atoms with Crippen LogP contribution in [0.2, 0.25) is 0 Å². The van der Waals surface area contributed by atoms with Gasteiger partial charge >= 0.3 is 0 Å². The van der Waals surface area contributed by atoms with Gasteiger partial charge in [0.2, 0.25) is 0 Å². The zero-order valence-corrected chi connectivity index (χ0v) is 24.3. The van der Waals surface area contributed by atoms with Crippen LogP contribution in [0.3, 0.4) is 0 Å². The summed E-state index contributed by atoms with van der Waals surface area (Å²) in [5, 5.41) is 0. The molecule has 0 bridgehead atoms. The summed E-state index contributed by atoms with van der Waals surface area (Å²) < 4.78 is 0. The molecule has 0 aliphatic rings. The monoisotopic (exact) mass is 466 g/mol.